The molecular formula is C24H23FN4O. The van der Waals surface area contributed by atoms with Crippen molar-refractivity contribution in [2.24, 2.45) is 0 Å². The van der Waals surface area contributed by atoms with E-state index in [0.717, 1.165) is 44.2 Å². The number of anilines is 1. The van der Waals surface area contributed by atoms with Crippen molar-refractivity contribution >= 4 is 5.69 Å². The molecule has 0 aliphatic carbocycles. The highest BCUT2D eigenvalue weighted by Crippen LogP contribution is 2.24. The van der Waals surface area contributed by atoms with Crippen LogP contribution in [0.4, 0.5) is 10.1 Å². The SMILES string of the molecule is N#Cc1c(F)cccc1N1CCN(Cc2ccc(OCc3ccccn3)cc2)CC1. The number of aromatic nitrogens is 1. The molecule has 1 aromatic heterocycles. The summed E-state index contributed by atoms with van der Waals surface area (Å²) in [7, 11) is 0. The molecule has 0 spiro atoms. The fourth-order valence-electron chi connectivity index (χ4n) is 3.62. The monoisotopic (exact) mass is 402 g/mol. The molecule has 2 aromatic carbocycles. The van der Waals surface area contributed by atoms with Crippen molar-refractivity contribution in [2.45, 2.75) is 13.2 Å². The molecule has 0 amide bonds. The maximum Gasteiger partial charge on any atom is 0.143 e. The Kier molecular flexibility index (Phi) is 6.21. The number of hydrogen-bond donors (Lipinski definition) is 0. The maximum absolute atomic E-state index is 13.9. The number of benzene rings is 2. The first-order valence-electron chi connectivity index (χ1n) is 10.0. The molecule has 1 saturated heterocycles. The molecular weight excluding hydrogens is 379 g/mol. The van der Waals surface area contributed by atoms with Crippen molar-refractivity contribution in [3.05, 3.63) is 89.5 Å². The van der Waals surface area contributed by atoms with E-state index in [2.05, 4.69) is 26.9 Å². The Morgan fingerprint density at radius 2 is 1.77 bits per heavy atom. The van der Waals surface area contributed by atoms with E-state index in [1.54, 1.807) is 12.3 Å². The lowest BCUT2D eigenvalue weighted by molar-refractivity contribution is 0.249. The van der Waals surface area contributed by atoms with Crippen LogP contribution in [-0.4, -0.2) is 36.1 Å². The first-order valence-corrected chi connectivity index (χ1v) is 10.0. The number of halogens is 1. The van der Waals surface area contributed by atoms with Crippen LogP contribution >= 0.6 is 0 Å². The van der Waals surface area contributed by atoms with Gasteiger partial charge in [0.15, 0.2) is 0 Å². The summed E-state index contributed by atoms with van der Waals surface area (Å²) < 4.78 is 19.7. The van der Waals surface area contributed by atoms with Crippen molar-refractivity contribution in [2.75, 3.05) is 31.1 Å². The molecule has 0 unspecified atom stereocenters. The zero-order valence-electron chi connectivity index (χ0n) is 16.7. The number of hydrogen-bond acceptors (Lipinski definition) is 5. The standard InChI is InChI=1S/C24H23FN4O/c25-23-5-3-6-24(22(23)16-26)29-14-12-28(13-15-29)17-19-7-9-21(10-8-19)30-18-20-4-1-2-11-27-20/h1-11H,12-15,17-18H2. The predicted octanol–water partition coefficient (Wildman–Crippen LogP) is 3.99. The average Bonchev–Trinajstić information content (AvgIpc) is 2.80. The third-order valence-corrected chi connectivity index (χ3v) is 5.26. The van der Waals surface area contributed by atoms with E-state index >= 15 is 0 Å². The first kappa shape index (κ1) is 19.9. The molecule has 0 N–H and O–H groups in total. The summed E-state index contributed by atoms with van der Waals surface area (Å²) in [5, 5.41) is 9.26. The van der Waals surface area contributed by atoms with Crippen LogP contribution in [0.1, 0.15) is 16.8 Å². The Hall–Kier alpha value is -3.43. The van der Waals surface area contributed by atoms with Gasteiger partial charge in [0.1, 0.15) is 29.8 Å². The maximum atomic E-state index is 13.9. The van der Waals surface area contributed by atoms with Crippen LogP contribution in [0.2, 0.25) is 0 Å². The number of nitrogens with zero attached hydrogens (tertiary/aromatic N) is 4. The van der Waals surface area contributed by atoms with Gasteiger partial charge in [0.2, 0.25) is 0 Å². The van der Waals surface area contributed by atoms with Crippen molar-refractivity contribution in [3.63, 3.8) is 0 Å². The summed E-state index contributed by atoms with van der Waals surface area (Å²) in [5.41, 5.74) is 2.94. The second-order valence-electron chi connectivity index (χ2n) is 7.26. The van der Waals surface area contributed by atoms with E-state index in [4.69, 9.17) is 4.74 Å². The van der Waals surface area contributed by atoms with Gasteiger partial charge in [-0.25, -0.2) is 4.39 Å². The minimum absolute atomic E-state index is 0.132. The third kappa shape index (κ3) is 4.76. The molecule has 5 nitrogen and oxygen atoms in total. The smallest absolute Gasteiger partial charge is 0.143 e. The fraction of sp³-hybridized carbons (Fsp3) is 0.250. The lowest BCUT2D eigenvalue weighted by Gasteiger charge is -2.36. The normalized spacial score (nSPS) is 14.3. The van der Waals surface area contributed by atoms with Gasteiger partial charge in [-0.3, -0.25) is 9.88 Å². The number of nitriles is 1. The van der Waals surface area contributed by atoms with E-state index < -0.39 is 5.82 Å². The van der Waals surface area contributed by atoms with Gasteiger partial charge in [-0.1, -0.05) is 24.3 Å². The first-order chi connectivity index (χ1) is 14.7. The van der Waals surface area contributed by atoms with Crippen LogP contribution in [0, 0.1) is 17.1 Å². The zero-order chi connectivity index (χ0) is 20.8. The van der Waals surface area contributed by atoms with Gasteiger partial charge in [-0.2, -0.15) is 5.26 Å². The number of pyridine rings is 1. The van der Waals surface area contributed by atoms with Gasteiger partial charge >= 0.3 is 0 Å². The molecule has 0 saturated carbocycles. The Labute approximate surface area is 176 Å². The Bertz CT molecular complexity index is 1010. The van der Waals surface area contributed by atoms with E-state index in [9.17, 15) is 9.65 Å². The largest absolute Gasteiger partial charge is 0.487 e. The molecule has 1 aliphatic heterocycles. The van der Waals surface area contributed by atoms with Gasteiger partial charge < -0.3 is 9.64 Å². The molecule has 1 fully saturated rings. The lowest BCUT2D eigenvalue weighted by atomic mass is 10.1. The van der Waals surface area contributed by atoms with Crippen LogP contribution in [0.25, 0.3) is 0 Å². The van der Waals surface area contributed by atoms with Crippen molar-refractivity contribution < 1.29 is 9.13 Å². The quantitative estimate of drug-likeness (QED) is 0.624. The van der Waals surface area contributed by atoms with Crippen LogP contribution in [-0.2, 0) is 13.2 Å². The zero-order valence-corrected chi connectivity index (χ0v) is 16.7. The van der Waals surface area contributed by atoms with Crippen molar-refractivity contribution in [3.8, 4) is 11.8 Å². The Balaban J connectivity index is 1.29. The summed E-state index contributed by atoms with van der Waals surface area (Å²) >= 11 is 0. The predicted molar refractivity (Wildman–Crippen MR) is 114 cm³/mol. The highest BCUT2D eigenvalue weighted by Gasteiger charge is 2.20. The molecule has 1 aliphatic rings. The van der Waals surface area contributed by atoms with Gasteiger partial charge in [-0.15, -0.1) is 0 Å². The highest BCUT2D eigenvalue weighted by atomic mass is 19.1. The third-order valence-electron chi connectivity index (χ3n) is 5.26. The van der Waals surface area contributed by atoms with Gasteiger partial charge in [-0.05, 0) is 42.0 Å². The highest BCUT2D eigenvalue weighted by molar-refractivity contribution is 5.60. The summed E-state index contributed by atoms with van der Waals surface area (Å²) in [4.78, 5) is 8.71. The van der Waals surface area contributed by atoms with E-state index in [0.29, 0.717) is 12.3 Å². The van der Waals surface area contributed by atoms with Crippen molar-refractivity contribution in [1.29, 1.82) is 5.26 Å². The molecule has 152 valence electrons. The molecule has 0 bridgehead atoms. The molecule has 0 atom stereocenters. The lowest BCUT2D eigenvalue weighted by Crippen LogP contribution is -2.46. The van der Waals surface area contributed by atoms with Crippen LogP contribution in [0.15, 0.2) is 66.9 Å². The summed E-state index contributed by atoms with van der Waals surface area (Å²) in [6, 6.07) is 20.7. The molecule has 6 heteroatoms. The van der Waals surface area contributed by atoms with Crippen LogP contribution in [0.3, 0.4) is 0 Å². The fourth-order valence-corrected chi connectivity index (χ4v) is 3.62. The van der Waals surface area contributed by atoms with E-state index in [1.165, 1.54) is 11.6 Å². The summed E-state index contributed by atoms with van der Waals surface area (Å²) in [6.07, 6.45) is 1.76. The van der Waals surface area contributed by atoms with Crippen LogP contribution < -0.4 is 9.64 Å². The average molecular weight is 402 g/mol. The molecule has 2 heterocycles. The molecule has 3 aromatic rings. The van der Waals surface area contributed by atoms with Crippen molar-refractivity contribution in [1.82, 2.24) is 9.88 Å². The second kappa shape index (κ2) is 9.38. The minimum Gasteiger partial charge on any atom is -0.487 e. The van der Waals surface area contributed by atoms with Gasteiger partial charge in [0.25, 0.3) is 0 Å². The molecule has 4 rings (SSSR count). The van der Waals surface area contributed by atoms with Gasteiger partial charge in [0.05, 0.1) is 11.4 Å². The number of rotatable bonds is 6. The van der Waals surface area contributed by atoms with Gasteiger partial charge in [0, 0.05) is 38.9 Å². The number of ether oxygens (including phenoxy) is 1. The van der Waals surface area contributed by atoms with E-state index in [1.807, 2.05) is 42.5 Å². The molecule has 0 radical (unpaired) electrons. The summed E-state index contributed by atoms with van der Waals surface area (Å²) in [6.45, 7) is 4.56. The summed E-state index contributed by atoms with van der Waals surface area (Å²) in [5.74, 6) is 0.368. The Morgan fingerprint density at radius 3 is 2.47 bits per heavy atom. The topological polar surface area (TPSA) is 52.4 Å². The Morgan fingerprint density at radius 1 is 0.967 bits per heavy atom. The number of piperazine rings is 1. The minimum atomic E-state index is -0.456. The van der Waals surface area contributed by atoms with E-state index in [-0.39, 0.29) is 5.56 Å². The van der Waals surface area contributed by atoms with Crippen LogP contribution in [0.5, 0.6) is 5.75 Å². The molecule has 30 heavy (non-hydrogen) atoms. The second-order valence-corrected chi connectivity index (χ2v) is 7.26.